The van der Waals surface area contributed by atoms with E-state index < -0.39 is 0 Å². The Morgan fingerprint density at radius 2 is 2.14 bits per heavy atom. The minimum absolute atomic E-state index is 0.167. The van der Waals surface area contributed by atoms with Crippen LogP contribution in [0.4, 0.5) is 5.82 Å². The molecule has 0 atom stereocenters. The zero-order chi connectivity index (χ0) is 15.2. The van der Waals surface area contributed by atoms with Crippen molar-refractivity contribution in [2.24, 2.45) is 0 Å². The number of benzene rings is 1. The number of carbonyl (C=O) groups excluding carboxylic acids is 1. The minimum atomic E-state index is -0.167. The number of anilines is 1. The third-order valence-electron chi connectivity index (χ3n) is 3.12. The minimum Gasteiger partial charge on any atom is -0.372 e. The molecule has 0 spiro atoms. The van der Waals surface area contributed by atoms with Crippen LogP contribution in [0.1, 0.15) is 21.5 Å². The molecule has 1 amide bonds. The Morgan fingerprint density at radius 3 is 2.81 bits per heavy atom. The Morgan fingerprint density at radius 1 is 1.33 bits per heavy atom. The quantitative estimate of drug-likeness (QED) is 0.892. The maximum atomic E-state index is 12.0. The number of nitrogens with zero attached hydrogens (tertiary/aromatic N) is 1. The van der Waals surface area contributed by atoms with Gasteiger partial charge in [0.15, 0.2) is 0 Å². The molecule has 5 heteroatoms. The van der Waals surface area contributed by atoms with Crippen LogP contribution in [-0.2, 0) is 6.42 Å². The summed E-state index contributed by atoms with van der Waals surface area (Å²) < 4.78 is 0. The highest BCUT2D eigenvalue weighted by molar-refractivity contribution is 6.33. The van der Waals surface area contributed by atoms with Crippen molar-refractivity contribution in [3.05, 3.63) is 58.2 Å². The molecule has 1 aromatic carbocycles. The van der Waals surface area contributed by atoms with Crippen LogP contribution in [0.2, 0.25) is 5.02 Å². The first-order chi connectivity index (χ1) is 10.1. The third-order valence-corrected chi connectivity index (χ3v) is 3.41. The number of amides is 1. The van der Waals surface area contributed by atoms with Gasteiger partial charge in [-0.2, -0.15) is 0 Å². The van der Waals surface area contributed by atoms with Gasteiger partial charge in [0.1, 0.15) is 5.82 Å². The molecular formula is C16H18ClN3O. The van der Waals surface area contributed by atoms with E-state index in [1.165, 1.54) is 17.3 Å². The van der Waals surface area contributed by atoms with Crippen LogP contribution >= 0.6 is 11.6 Å². The van der Waals surface area contributed by atoms with E-state index in [-0.39, 0.29) is 5.91 Å². The van der Waals surface area contributed by atoms with E-state index in [9.17, 15) is 4.79 Å². The molecule has 0 radical (unpaired) electrons. The lowest BCUT2D eigenvalue weighted by Gasteiger charge is -2.07. The summed E-state index contributed by atoms with van der Waals surface area (Å²) in [5.74, 6) is 0.396. The zero-order valence-corrected chi connectivity index (χ0v) is 12.9. The smallest absolute Gasteiger partial charge is 0.252 e. The highest BCUT2D eigenvalue weighted by Gasteiger charge is 2.08. The van der Waals surface area contributed by atoms with Crippen LogP contribution in [0.5, 0.6) is 0 Å². The molecule has 2 rings (SSSR count). The molecule has 1 aromatic heterocycles. The van der Waals surface area contributed by atoms with E-state index >= 15 is 0 Å². The summed E-state index contributed by atoms with van der Waals surface area (Å²) in [5.41, 5.74) is 2.89. The number of hydrogen-bond acceptors (Lipinski definition) is 3. The number of aryl methyl sites for hydroxylation is 1. The molecular weight excluding hydrogens is 286 g/mol. The van der Waals surface area contributed by atoms with E-state index in [2.05, 4.69) is 40.7 Å². The van der Waals surface area contributed by atoms with Crippen LogP contribution in [0.3, 0.4) is 0 Å². The molecule has 0 saturated heterocycles. The van der Waals surface area contributed by atoms with Gasteiger partial charge in [-0.3, -0.25) is 4.79 Å². The lowest BCUT2D eigenvalue weighted by Crippen LogP contribution is -2.25. The van der Waals surface area contributed by atoms with Crippen LogP contribution in [0.25, 0.3) is 0 Å². The van der Waals surface area contributed by atoms with Crippen LogP contribution in [0.15, 0.2) is 36.5 Å². The van der Waals surface area contributed by atoms with Gasteiger partial charge in [-0.05, 0) is 25.0 Å². The van der Waals surface area contributed by atoms with Crippen molar-refractivity contribution in [3.8, 4) is 0 Å². The Hall–Kier alpha value is -2.07. The Kier molecular flexibility index (Phi) is 5.17. The van der Waals surface area contributed by atoms with Crippen molar-refractivity contribution in [1.82, 2.24) is 10.3 Å². The van der Waals surface area contributed by atoms with Crippen LogP contribution in [0, 0.1) is 6.92 Å². The van der Waals surface area contributed by atoms with Crippen molar-refractivity contribution in [1.29, 1.82) is 0 Å². The Balaban J connectivity index is 1.91. The summed E-state index contributed by atoms with van der Waals surface area (Å²) >= 11 is 6.02. The molecule has 0 bridgehead atoms. The molecule has 2 N–H and O–H groups in total. The standard InChI is InChI=1S/C16H18ClN3O/c1-11-4-3-5-12(8-11)6-7-19-16(21)13-9-14(17)15(18-2)20-10-13/h3-5,8-10H,6-7H2,1-2H3,(H,18,20)(H,19,21). The summed E-state index contributed by atoms with van der Waals surface area (Å²) in [6.07, 6.45) is 2.31. The largest absolute Gasteiger partial charge is 0.372 e. The molecule has 1 heterocycles. The highest BCUT2D eigenvalue weighted by Crippen LogP contribution is 2.19. The van der Waals surface area contributed by atoms with E-state index in [0.717, 1.165) is 6.42 Å². The molecule has 0 fully saturated rings. The summed E-state index contributed by atoms with van der Waals surface area (Å²) in [7, 11) is 1.73. The number of aromatic nitrogens is 1. The summed E-state index contributed by atoms with van der Waals surface area (Å²) in [6.45, 7) is 2.63. The van der Waals surface area contributed by atoms with Gasteiger partial charge in [-0.25, -0.2) is 4.98 Å². The second kappa shape index (κ2) is 7.09. The Bertz CT molecular complexity index is 643. The third kappa shape index (κ3) is 4.20. The fraction of sp³-hybridized carbons (Fsp3) is 0.250. The number of carbonyl (C=O) groups is 1. The van der Waals surface area contributed by atoms with Gasteiger partial charge >= 0.3 is 0 Å². The van der Waals surface area contributed by atoms with Gasteiger partial charge in [0.05, 0.1) is 10.6 Å². The Labute approximate surface area is 129 Å². The molecule has 0 aliphatic rings. The maximum Gasteiger partial charge on any atom is 0.252 e. The van der Waals surface area contributed by atoms with Crippen LogP contribution in [-0.4, -0.2) is 24.5 Å². The summed E-state index contributed by atoms with van der Waals surface area (Å²) in [4.78, 5) is 16.1. The topological polar surface area (TPSA) is 54.0 Å². The zero-order valence-electron chi connectivity index (χ0n) is 12.1. The number of rotatable bonds is 5. The van der Waals surface area contributed by atoms with Gasteiger partial charge < -0.3 is 10.6 Å². The summed E-state index contributed by atoms with van der Waals surface area (Å²) in [6, 6.07) is 9.86. The summed E-state index contributed by atoms with van der Waals surface area (Å²) in [5, 5.41) is 6.16. The van der Waals surface area contributed by atoms with E-state index in [0.29, 0.717) is 22.9 Å². The normalized spacial score (nSPS) is 10.2. The van der Waals surface area contributed by atoms with Crippen molar-refractivity contribution in [2.75, 3.05) is 18.9 Å². The second-order valence-electron chi connectivity index (χ2n) is 4.80. The SMILES string of the molecule is CNc1ncc(C(=O)NCCc2cccc(C)c2)cc1Cl. The van der Waals surface area contributed by atoms with Gasteiger partial charge in [0.2, 0.25) is 0 Å². The van der Waals surface area contributed by atoms with Crippen molar-refractivity contribution < 1.29 is 4.79 Å². The fourth-order valence-electron chi connectivity index (χ4n) is 2.04. The van der Waals surface area contributed by atoms with Gasteiger partial charge in [0, 0.05) is 19.8 Å². The van der Waals surface area contributed by atoms with Gasteiger partial charge in [-0.15, -0.1) is 0 Å². The van der Waals surface area contributed by atoms with Crippen LogP contribution < -0.4 is 10.6 Å². The predicted molar refractivity (Wildman–Crippen MR) is 86.0 cm³/mol. The lowest BCUT2D eigenvalue weighted by atomic mass is 10.1. The van der Waals surface area contributed by atoms with Crippen molar-refractivity contribution in [3.63, 3.8) is 0 Å². The molecule has 4 nitrogen and oxygen atoms in total. The number of halogens is 1. The number of nitrogens with one attached hydrogen (secondary N) is 2. The molecule has 21 heavy (non-hydrogen) atoms. The number of pyridine rings is 1. The van der Waals surface area contributed by atoms with Crippen molar-refractivity contribution in [2.45, 2.75) is 13.3 Å². The van der Waals surface area contributed by atoms with Gasteiger partial charge in [-0.1, -0.05) is 41.4 Å². The van der Waals surface area contributed by atoms with E-state index in [4.69, 9.17) is 11.6 Å². The van der Waals surface area contributed by atoms with Crippen molar-refractivity contribution >= 4 is 23.3 Å². The first-order valence-corrected chi connectivity index (χ1v) is 7.15. The van der Waals surface area contributed by atoms with E-state index in [1.807, 2.05) is 6.07 Å². The molecule has 0 unspecified atom stereocenters. The average molecular weight is 304 g/mol. The monoisotopic (exact) mass is 303 g/mol. The number of hydrogen-bond donors (Lipinski definition) is 2. The predicted octanol–water partition coefficient (Wildman–Crippen LogP) is 3.06. The maximum absolute atomic E-state index is 12.0. The highest BCUT2D eigenvalue weighted by atomic mass is 35.5. The molecule has 0 saturated carbocycles. The van der Waals surface area contributed by atoms with Gasteiger partial charge in [0.25, 0.3) is 5.91 Å². The molecule has 2 aromatic rings. The average Bonchev–Trinajstić information content (AvgIpc) is 2.47. The molecule has 0 aliphatic heterocycles. The second-order valence-corrected chi connectivity index (χ2v) is 5.21. The first kappa shape index (κ1) is 15.3. The lowest BCUT2D eigenvalue weighted by molar-refractivity contribution is 0.0954. The van der Waals surface area contributed by atoms with E-state index in [1.54, 1.807) is 13.1 Å². The molecule has 110 valence electrons. The first-order valence-electron chi connectivity index (χ1n) is 6.77. The molecule has 0 aliphatic carbocycles. The fourth-order valence-corrected chi connectivity index (χ4v) is 2.30.